The summed E-state index contributed by atoms with van der Waals surface area (Å²) in [5.74, 6) is 0.305. The van der Waals surface area contributed by atoms with Crippen molar-refractivity contribution in [3.8, 4) is 11.5 Å². The molecule has 0 aliphatic heterocycles. The average molecular weight is 232 g/mol. The summed E-state index contributed by atoms with van der Waals surface area (Å²) >= 11 is 0. The molecule has 0 atom stereocenters. The Balaban J connectivity index is 2.91. The number of ether oxygens (including phenoxy) is 2. The van der Waals surface area contributed by atoms with Crippen LogP contribution in [0, 0.1) is 0 Å². The molecule has 0 radical (unpaired) electrons. The van der Waals surface area contributed by atoms with Gasteiger partial charge >= 0.3 is 6.18 Å². The molecule has 2 nitrogen and oxygen atoms in total. The molecule has 16 heavy (non-hydrogen) atoms. The standard InChI is InChI=1S/C11H11F3O2/c1-3-8-5-4-6-9(10(8)15-2)16-7-11(12,13)14/h3-6H,1,7H2,2H3. The molecule has 88 valence electrons. The molecule has 0 aliphatic rings. The minimum Gasteiger partial charge on any atom is -0.492 e. The van der Waals surface area contributed by atoms with Crippen LogP contribution in [-0.2, 0) is 0 Å². The zero-order valence-electron chi connectivity index (χ0n) is 8.67. The highest BCUT2D eigenvalue weighted by Crippen LogP contribution is 2.32. The normalized spacial score (nSPS) is 11.0. The van der Waals surface area contributed by atoms with Gasteiger partial charge in [-0.05, 0) is 6.07 Å². The van der Waals surface area contributed by atoms with Crippen LogP contribution in [0.2, 0.25) is 0 Å². The highest BCUT2D eigenvalue weighted by Gasteiger charge is 2.29. The first-order chi connectivity index (χ1) is 7.48. The van der Waals surface area contributed by atoms with Crippen molar-refractivity contribution in [2.24, 2.45) is 0 Å². The van der Waals surface area contributed by atoms with Gasteiger partial charge in [-0.2, -0.15) is 13.2 Å². The van der Waals surface area contributed by atoms with E-state index in [2.05, 4.69) is 11.3 Å². The third-order valence-corrected chi connectivity index (χ3v) is 1.82. The molecule has 0 unspecified atom stereocenters. The van der Waals surface area contributed by atoms with E-state index < -0.39 is 12.8 Å². The number of hydrogen-bond acceptors (Lipinski definition) is 2. The van der Waals surface area contributed by atoms with E-state index in [0.29, 0.717) is 5.56 Å². The third kappa shape index (κ3) is 3.18. The predicted octanol–water partition coefficient (Wildman–Crippen LogP) is 3.28. The topological polar surface area (TPSA) is 18.5 Å². The first-order valence-corrected chi connectivity index (χ1v) is 4.47. The molecule has 1 aromatic rings. The maximum atomic E-state index is 12.0. The van der Waals surface area contributed by atoms with Crippen molar-refractivity contribution >= 4 is 6.08 Å². The summed E-state index contributed by atoms with van der Waals surface area (Å²) in [5.41, 5.74) is 0.585. The fourth-order valence-electron chi connectivity index (χ4n) is 1.19. The van der Waals surface area contributed by atoms with Gasteiger partial charge in [-0.25, -0.2) is 0 Å². The molecule has 0 saturated carbocycles. The zero-order chi connectivity index (χ0) is 12.2. The highest BCUT2D eigenvalue weighted by molar-refractivity contribution is 5.61. The summed E-state index contributed by atoms with van der Waals surface area (Å²) in [7, 11) is 1.36. The van der Waals surface area contributed by atoms with Crippen molar-refractivity contribution in [3.63, 3.8) is 0 Å². The molecule has 0 N–H and O–H groups in total. The van der Waals surface area contributed by atoms with Crippen molar-refractivity contribution < 1.29 is 22.6 Å². The van der Waals surface area contributed by atoms with Gasteiger partial charge in [0.2, 0.25) is 0 Å². The number of alkyl halides is 3. The van der Waals surface area contributed by atoms with E-state index >= 15 is 0 Å². The van der Waals surface area contributed by atoms with Crippen LogP contribution in [0.5, 0.6) is 11.5 Å². The van der Waals surface area contributed by atoms with Crippen LogP contribution in [0.15, 0.2) is 24.8 Å². The van der Waals surface area contributed by atoms with Crippen molar-refractivity contribution in [3.05, 3.63) is 30.3 Å². The van der Waals surface area contributed by atoms with E-state index in [1.54, 1.807) is 12.1 Å². The van der Waals surface area contributed by atoms with Gasteiger partial charge in [0.15, 0.2) is 18.1 Å². The fraction of sp³-hybridized carbons (Fsp3) is 0.273. The molecular weight excluding hydrogens is 221 g/mol. The number of methoxy groups -OCH3 is 1. The largest absolute Gasteiger partial charge is 0.492 e. The molecule has 0 heterocycles. The van der Waals surface area contributed by atoms with Crippen LogP contribution in [0.1, 0.15) is 5.56 Å². The monoisotopic (exact) mass is 232 g/mol. The molecule has 0 aromatic heterocycles. The molecule has 1 aromatic carbocycles. The Morgan fingerprint density at radius 2 is 2.06 bits per heavy atom. The van der Waals surface area contributed by atoms with E-state index in [4.69, 9.17) is 4.74 Å². The Labute approximate surface area is 91.3 Å². The summed E-state index contributed by atoms with van der Waals surface area (Å²) in [6.07, 6.45) is -2.88. The zero-order valence-corrected chi connectivity index (χ0v) is 8.67. The minimum atomic E-state index is -4.37. The summed E-state index contributed by atoms with van der Waals surface area (Å²) in [6, 6.07) is 4.66. The second-order valence-electron chi connectivity index (χ2n) is 2.99. The lowest BCUT2D eigenvalue weighted by Crippen LogP contribution is -2.19. The van der Waals surface area contributed by atoms with Gasteiger partial charge in [-0.15, -0.1) is 0 Å². The van der Waals surface area contributed by atoms with Gasteiger partial charge in [0.05, 0.1) is 7.11 Å². The van der Waals surface area contributed by atoms with Crippen molar-refractivity contribution in [1.82, 2.24) is 0 Å². The van der Waals surface area contributed by atoms with Crippen LogP contribution in [0.3, 0.4) is 0 Å². The first kappa shape index (κ1) is 12.4. The van der Waals surface area contributed by atoms with E-state index in [1.165, 1.54) is 19.3 Å². The Morgan fingerprint density at radius 1 is 1.38 bits per heavy atom. The van der Waals surface area contributed by atoms with Crippen LogP contribution in [0.25, 0.3) is 6.08 Å². The van der Waals surface area contributed by atoms with Gasteiger partial charge in [-0.1, -0.05) is 24.8 Å². The van der Waals surface area contributed by atoms with Crippen molar-refractivity contribution in [2.75, 3.05) is 13.7 Å². The summed E-state index contributed by atoms with van der Waals surface area (Å²) in [4.78, 5) is 0. The lowest BCUT2D eigenvalue weighted by Gasteiger charge is -2.13. The van der Waals surface area contributed by atoms with Gasteiger partial charge < -0.3 is 9.47 Å². The molecule has 0 bridgehead atoms. The second-order valence-corrected chi connectivity index (χ2v) is 2.99. The molecule has 0 aliphatic carbocycles. The summed E-state index contributed by atoms with van der Waals surface area (Å²) < 4.78 is 45.5. The lowest BCUT2D eigenvalue weighted by atomic mass is 10.2. The fourth-order valence-corrected chi connectivity index (χ4v) is 1.19. The highest BCUT2D eigenvalue weighted by atomic mass is 19.4. The van der Waals surface area contributed by atoms with E-state index in [1.807, 2.05) is 0 Å². The van der Waals surface area contributed by atoms with Gasteiger partial charge in [0, 0.05) is 5.56 Å². The van der Waals surface area contributed by atoms with E-state index in [0.717, 1.165) is 0 Å². The molecule has 5 heteroatoms. The second kappa shape index (κ2) is 4.92. The summed E-state index contributed by atoms with van der Waals surface area (Å²) in [5, 5.41) is 0. The van der Waals surface area contributed by atoms with Crippen LogP contribution < -0.4 is 9.47 Å². The first-order valence-electron chi connectivity index (χ1n) is 4.47. The summed E-state index contributed by atoms with van der Waals surface area (Å²) in [6.45, 7) is 2.19. The predicted molar refractivity (Wildman–Crippen MR) is 54.6 cm³/mol. The van der Waals surface area contributed by atoms with Crippen molar-refractivity contribution in [1.29, 1.82) is 0 Å². The maximum absolute atomic E-state index is 12.0. The van der Waals surface area contributed by atoms with Gasteiger partial charge in [0.25, 0.3) is 0 Å². The number of hydrogen-bond donors (Lipinski definition) is 0. The van der Waals surface area contributed by atoms with Crippen molar-refractivity contribution in [2.45, 2.75) is 6.18 Å². The van der Waals surface area contributed by atoms with Crippen LogP contribution in [-0.4, -0.2) is 19.9 Å². The smallest absolute Gasteiger partial charge is 0.422 e. The number of rotatable bonds is 4. The molecule has 1 rings (SSSR count). The number of halogens is 3. The van der Waals surface area contributed by atoms with Crippen LogP contribution >= 0.6 is 0 Å². The van der Waals surface area contributed by atoms with Gasteiger partial charge in [-0.3, -0.25) is 0 Å². The molecule has 0 saturated heterocycles. The van der Waals surface area contributed by atoms with Gasteiger partial charge in [0.1, 0.15) is 0 Å². The van der Waals surface area contributed by atoms with E-state index in [9.17, 15) is 13.2 Å². The average Bonchev–Trinajstić information content (AvgIpc) is 2.24. The Bertz CT molecular complexity index is 372. The Morgan fingerprint density at radius 3 is 2.56 bits per heavy atom. The molecule has 0 amide bonds. The van der Waals surface area contributed by atoms with E-state index in [-0.39, 0.29) is 11.5 Å². The maximum Gasteiger partial charge on any atom is 0.422 e. The third-order valence-electron chi connectivity index (χ3n) is 1.82. The molecule has 0 fully saturated rings. The molecule has 0 spiro atoms. The number of para-hydroxylation sites is 1. The number of benzene rings is 1. The molecular formula is C11H11F3O2. The van der Waals surface area contributed by atoms with Crippen LogP contribution in [0.4, 0.5) is 13.2 Å². The quantitative estimate of drug-likeness (QED) is 0.793. The Kier molecular flexibility index (Phi) is 3.82. The Hall–Kier alpha value is -1.65. The SMILES string of the molecule is C=Cc1cccc(OCC(F)(F)F)c1OC. The lowest BCUT2D eigenvalue weighted by molar-refractivity contribution is -0.153. The minimum absolute atomic E-state index is 0.0530.